The molecule has 0 bridgehead atoms. The number of nitrogens with one attached hydrogen (secondary N) is 1. The minimum Gasteiger partial charge on any atom is -0.421 e. The standard InChI is InChI=1S/C17H22N4O2S/c22-15(18-13-6-9-21-8-2-1-3-14(13)21)4-5-16-19-20-17(23-16)12-7-10-24-11-12/h7,10-11,13-14H,1-6,8-9H2,(H,18,22)/t13-,14+/m0/s1. The molecule has 2 saturated heterocycles. The Morgan fingerprint density at radius 3 is 3.17 bits per heavy atom. The first kappa shape index (κ1) is 15.8. The molecule has 24 heavy (non-hydrogen) atoms. The van der Waals surface area contributed by atoms with E-state index >= 15 is 0 Å². The van der Waals surface area contributed by atoms with Crippen LogP contribution in [0.2, 0.25) is 0 Å². The van der Waals surface area contributed by atoms with Crippen molar-refractivity contribution in [2.75, 3.05) is 13.1 Å². The van der Waals surface area contributed by atoms with Crippen LogP contribution in [0.4, 0.5) is 0 Å². The van der Waals surface area contributed by atoms with Crippen molar-refractivity contribution in [2.24, 2.45) is 0 Å². The second-order valence-electron chi connectivity index (χ2n) is 6.57. The van der Waals surface area contributed by atoms with Crippen LogP contribution in [0.3, 0.4) is 0 Å². The van der Waals surface area contributed by atoms with E-state index in [-0.39, 0.29) is 5.91 Å². The summed E-state index contributed by atoms with van der Waals surface area (Å²) in [6, 6.07) is 2.79. The van der Waals surface area contributed by atoms with Crippen LogP contribution in [-0.2, 0) is 11.2 Å². The van der Waals surface area contributed by atoms with Gasteiger partial charge in [-0.25, -0.2) is 0 Å². The van der Waals surface area contributed by atoms with Gasteiger partial charge in [-0.2, -0.15) is 11.3 Å². The highest BCUT2D eigenvalue weighted by atomic mass is 32.1. The minimum atomic E-state index is 0.0858. The predicted octanol–water partition coefficient (Wildman–Crippen LogP) is 2.47. The lowest BCUT2D eigenvalue weighted by atomic mass is 9.99. The highest BCUT2D eigenvalue weighted by molar-refractivity contribution is 7.08. The molecular weight excluding hydrogens is 324 g/mol. The first-order valence-electron chi connectivity index (χ1n) is 8.68. The van der Waals surface area contributed by atoms with Crippen LogP contribution in [-0.4, -0.2) is 46.2 Å². The number of piperidine rings is 1. The fraction of sp³-hybridized carbons (Fsp3) is 0.588. The van der Waals surface area contributed by atoms with Gasteiger partial charge >= 0.3 is 0 Å². The molecule has 2 aliphatic heterocycles. The third-order valence-electron chi connectivity index (χ3n) is 5.00. The van der Waals surface area contributed by atoms with Gasteiger partial charge in [0.05, 0.1) is 0 Å². The van der Waals surface area contributed by atoms with Crippen molar-refractivity contribution in [3.05, 3.63) is 22.7 Å². The van der Waals surface area contributed by atoms with Gasteiger partial charge in [0.2, 0.25) is 17.7 Å². The Morgan fingerprint density at radius 1 is 1.33 bits per heavy atom. The molecule has 0 unspecified atom stereocenters. The van der Waals surface area contributed by atoms with E-state index in [9.17, 15) is 4.79 Å². The SMILES string of the molecule is O=C(CCc1nnc(-c2ccsc2)o1)N[C@H]1CCN2CCCC[C@H]12. The number of thiophene rings is 1. The zero-order valence-electron chi connectivity index (χ0n) is 13.6. The summed E-state index contributed by atoms with van der Waals surface area (Å²) in [6.45, 7) is 2.30. The number of hydrogen-bond acceptors (Lipinski definition) is 6. The molecule has 0 aromatic carbocycles. The molecule has 2 aromatic heterocycles. The van der Waals surface area contributed by atoms with Crippen LogP contribution in [0.5, 0.6) is 0 Å². The van der Waals surface area contributed by atoms with Crippen molar-refractivity contribution in [3.8, 4) is 11.5 Å². The Labute approximate surface area is 145 Å². The number of rotatable bonds is 5. The van der Waals surface area contributed by atoms with Gasteiger partial charge in [0.25, 0.3) is 0 Å². The quantitative estimate of drug-likeness (QED) is 0.900. The number of aryl methyl sites for hydroxylation is 1. The topological polar surface area (TPSA) is 71.3 Å². The monoisotopic (exact) mass is 346 g/mol. The fourth-order valence-electron chi connectivity index (χ4n) is 3.77. The lowest BCUT2D eigenvalue weighted by Gasteiger charge is -2.32. The molecule has 4 rings (SSSR count). The van der Waals surface area contributed by atoms with E-state index in [1.807, 2.05) is 16.8 Å². The maximum Gasteiger partial charge on any atom is 0.248 e. The minimum absolute atomic E-state index is 0.0858. The van der Waals surface area contributed by atoms with Crippen molar-refractivity contribution in [2.45, 2.75) is 50.6 Å². The summed E-state index contributed by atoms with van der Waals surface area (Å²) >= 11 is 1.59. The third-order valence-corrected chi connectivity index (χ3v) is 5.69. The number of aromatic nitrogens is 2. The third kappa shape index (κ3) is 3.37. The number of amides is 1. The number of carbonyl (C=O) groups excluding carboxylic acids is 1. The summed E-state index contributed by atoms with van der Waals surface area (Å²) in [5, 5.41) is 15.2. The number of nitrogens with zero attached hydrogens (tertiary/aromatic N) is 3. The van der Waals surface area contributed by atoms with E-state index in [0.29, 0.717) is 36.7 Å². The average molecular weight is 346 g/mol. The number of fused-ring (bicyclic) bond motifs is 1. The van der Waals surface area contributed by atoms with Crippen LogP contribution >= 0.6 is 11.3 Å². The van der Waals surface area contributed by atoms with E-state index in [2.05, 4.69) is 20.4 Å². The lowest BCUT2D eigenvalue weighted by molar-refractivity contribution is -0.122. The Kier molecular flexibility index (Phi) is 4.62. The molecular formula is C17H22N4O2S. The summed E-state index contributed by atoms with van der Waals surface area (Å²) in [6.07, 6.45) is 5.73. The van der Waals surface area contributed by atoms with E-state index in [1.165, 1.54) is 25.8 Å². The Morgan fingerprint density at radius 2 is 2.29 bits per heavy atom. The fourth-order valence-corrected chi connectivity index (χ4v) is 4.40. The zero-order chi connectivity index (χ0) is 16.4. The van der Waals surface area contributed by atoms with Crippen LogP contribution in [0, 0.1) is 0 Å². The van der Waals surface area contributed by atoms with Gasteiger partial charge < -0.3 is 9.73 Å². The van der Waals surface area contributed by atoms with Crippen LogP contribution < -0.4 is 5.32 Å². The van der Waals surface area contributed by atoms with Crippen molar-refractivity contribution >= 4 is 17.2 Å². The second-order valence-corrected chi connectivity index (χ2v) is 7.35. The first-order valence-corrected chi connectivity index (χ1v) is 9.62. The molecule has 0 aliphatic carbocycles. The summed E-state index contributed by atoms with van der Waals surface area (Å²) < 4.78 is 5.63. The normalized spacial score (nSPS) is 24.0. The second kappa shape index (κ2) is 7.03. The Hall–Kier alpha value is -1.73. The van der Waals surface area contributed by atoms with E-state index < -0.39 is 0 Å². The van der Waals surface area contributed by atoms with E-state index in [1.54, 1.807) is 11.3 Å². The molecule has 2 atom stereocenters. The van der Waals surface area contributed by atoms with Crippen LogP contribution in [0.25, 0.3) is 11.5 Å². The largest absolute Gasteiger partial charge is 0.421 e. The van der Waals surface area contributed by atoms with Crippen molar-refractivity contribution in [1.82, 2.24) is 20.4 Å². The summed E-state index contributed by atoms with van der Waals surface area (Å²) in [7, 11) is 0. The molecule has 2 fully saturated rings. The number of carbonyl (C=O) groups is 1. The van der Waals surface area contributed by atoms with Gasteiger partial charge in [0, 0.05) is 42.4 Å². The summed E-state index contributed by atoms with van der Waals surface area (Å²) in [4.78, 5) is 14.8. The smallest absolute Gasteiger partial charge is 0.248 e. The van der Waals surface area contributed by atoms with Gasteiger partial charge in [-0.1, -0.05) is 6.42 Å². The zero-order valence-corrected chi connectivity index (χ0v) is 14.4. The molecule has 0 saturated carbocycles. The summed E-state index contributed by atoms with van der Waals surface area (Å²) in [5.74, 6) is 1.14. The van der Waals surface area contributed by atoms with Gasteiger partial charge in [0.1, 0.15) is 0 Å². The molecule has 2 aromatic rings. The molecule has 1 N–H and O–H groups in total. The summed E-state index contributed by atoms with van der Waals surface area (Å²) in [5.41, 5.74) is 0.937. The van der Waals surface area contributed by atoms with Crippen LogP contribution in [0.15, 0.2) is 21.2 Å². The highest BCUT2D eigenvalue weighted by Gasteiger charge is 2.36. The molecule has 0 radical (unpaired) electrons. The Bertz CT molecular complexity index is 685. The molecule has 4 heterocycles. The van der Waals surface area contributed by atoms with E-state index in [4.69, 9.17) is 4.42 Å². The molecule has 128 valence electrons. The van der Waals surface area contributed by atoms with Gasteiger partial charge in [-0.3, -0.25) is 9.69 Å². The average Bonchev–Trinajstić information content (AvgIpc) is 3.34. The Balaban J connectivity index is 1.28. The molecule has 7 heteroatoms. The lowest BCUT2D eigenvalue weighted by Crippen LogP contribution is -2.46. The molecule has 1 amide bonds. The first-order chi connectivity index (χ1) is 11.8. The van der Waals surface area contributed by atoms with Crippen molar-refractivity contribution < 1.29 is 9.21 Å². The highest BCUT2D eigenvalue weighted by Crippen LogP contribution is 2.27. The van der Waals surface area contributed by atoms with Gasteiger partial charge in [-0.05, 0) is 37.3 Å². The van der Waals surface area contributed by atoms with E-state index in [0.717, 1.165) is 18.5 Å². The predicted molar refractivity (Wildman–Crippen MR) is 91.7 cm³/mol. The number of hydrogen-bond donors (Lipinski definition) is 1. The van der Waals surface area contributed by atoms with Crippen LogP contribution in [0.1, 0.15) is 38.0 Å². The van der Waals surface area contributed by atoms with Crippen molar-refractivity contribution in [1.29, 1.82) is 0 Å². The van der Waals surface area contributed by atoms with Gasteiger partial charge in [0.15, 0.2) is 0 Å². The van der Waals surface area contributed by atoms with Crippen molar-refractivity contribution in [3.63, 3.8) is 0 Å². The maximum absolute atomic E-state index is 12.3. The molecule has 2 aliphatic rings. The molecule has 0 spiro atoms. The van der Waals surface area contributed by atoms with Gasteiger partial charge in [-0.15, -0.1) is 10.2 Å². The maximum atomic E-state index is 12.3. The molecule has 6 nitrogen and oxygen atoms in total.